The van der Waals surface area contributed by atoms with Gasteiger partial charge in [-0.3, -0.25) is 4.79 Å². The molecule has 0 amide bonds. The molecule has 1 aromatic carbocycles. The Kier molecular flexibility index (Phi) is 5.03. The van der Waals surface area contributed by atoms with Gasteiger partial charge in [-0.05, 0) is 17.7 Å². The molecule has 6 heteroatoms. The molecule has 0 aromatic heterocycles. The molecule has 0 bridgehead atoms. The van der Waals surface area contributed by atoms with Crippen molar-refractivity contribution in [2.75, 3.05) is 7.11 Å². The summed E-state index contributed by atoms with van der Waals surface area (Å²) in [6.07, 6.45) is -2.91. The van der Waals surface area contributed by atoms with E-state index in [1.54, 1.807) is 0 Å². The molecule has 0 heterocycles. The van der Waals surface area contributed by atoms with Gasteiger partial charge in [0.15, 0.2) is 11.5 Å². The first kappa shape index (κ1) is 14.4. The summed E-state index contributed by atoms with van der Waals surface area (Å²) in [5, 5.41) is 0. The molecule has 0 aliphatic rings. The van der Waals surface area contributed by atoms with Crippen LogP contribution >= 0.6 is 0 Å². The highest BCUT2D eigenvalue weighted by Crippen LogP contribution is 2.31. The second kappa shape index (κ2) is 6.30. The van der Waals surface area contributed by atoms with Gasteiger partial charge in [-0.15, -0.1) is 0 Å². The van der Waals surface area contributed by atoms with E-state index in [0.29, 0.717) is 5.56 Å². The third kappa shape index (κ3) is 3.96. The van der Waals surface area contributed by atoms with Crippen LogP contribution in [0.4, 0.5) is 8.78 Å². The molecule has 1 aromatic rings. The minimum absolute atomic E-state index is 0.234. The molecule has 0 fully saturated rings. The van der Waals surface area contributed by atoms with Crippen LogP contribution in [0.2, 0.25) is 0 Å². The maximum atomic E-state index is 12.2. The van der Waals surface area contributed by atoms with E-state index in [4.69, 9.17) is 15.2 Å². The van der Waals surface area contributed by atoms with Crippen LogP contribution in [0.5, 0.6) is 11.5 Å². The Bertz CT molecular complexity index is 424. The molecule has 0 aliphatic carbocycles. The third-order valence-corrected chi connectivity index (χ3v) is 2.30. The number of carbonyl (C=O) groups excluding carboxylic acids is 1. The zero-order chi connectivity index (χ0) is 13.7. The molecule has 18 heavy (non-hydrogen) atoms. The summed E-state index contributed by atoms with van der Waals surface area (Å²) in [6.45, 7) is 1.26. The Morgan fingerprint density at radius 2 is 2.06 bits per heavy atom. The van der Waals surface area contributed by atoms with Crippen molar-refractivity contribution in [3.8, 4) is 11.5 Å². The zero-order valence-corrected chi connectivity index (χ0v) is 10.2. The molecule has 0 radical (unpaired) electrons. The Morgan fingerprint density at radius 1 is 1.39 bits per heavy atom. The molecule has 1 atom stereocenters. The molecule has 4 nitrogen and oxygen atoms in total. The predicted molar refractivity (Wildman–Crippen MR) is 61.9 cm³/mol. The Morgan fingerprint density at radius 3 is 2.56 bits per heavy atom. The summed E-state index contributed by atoms with van der Waals surface area (Å²) in [6, 6.07) is 3.71. The molecule has 100 valence electrons. The normalized spacial score (nSPS) is 12.3. The highest BCUT2D eigenvalue weighted by Gasteiger charge is 2.15. The number of benzene rings is 1. The molecule has 0 aliphatic heterocycles. The van der Waals surface area contributed by atoms with Crippen molar-refractivity contribution in [1.82, 2.24) is 0 Å². The highest BCUT2D eigenvalue weighted by molar-refractivity contribution is 5.70. The summed E-state index contributed by atoms with van der Waals surface area (Å²) < 4.78 is 34.4. The molecule has 0 spiro atoms. The van der Waals surface area contributed by atoms with Gasteiger partial charge in [0.2, 0.25) is 6.43 Å². The van der Waals surface area contributed by atoms with Gasteiger partial charge in [0.1, 0.15) is 0 Å². The first-order chi connectivity index (χ1) is 8.43. The quantitative estimate of drug-likeness (QED) is 0.651. The van der Waals surface area contributed by atoms with Gasteiger partial charge >= 0.3 is 5.97 Å². The molecular formula is C12H15F2NO3. The van der Waals surface area contributed by atoms with Crippen LogP contribution in [-0.4, -0.2) is 19.5 Å². The number of nitrogens with two attached hydrogens (primary N) is 1. The van der Waals surface area contributed by atoms with Gasteiger partial charge in [-0.2, -0.15) is 0 Å². The Labute approximate surface area is 104 Å². The number of alkyl halides is 2. The molecular weight excluding hydrogens is 244 g/mol. The van der Waals surface area contributed by atoms with E-state index in [9.17, 15) is 13.6 Å². The van der Waals surface area contributed by atoms with Crippen LogP contribution in [0.3, 0.4) is 0 Å². The van der Waals surface area contributed by atoms with Gasteiger partial charge < -0.3 is 15.2 Å². The first-order valence-electron chi connectivity index (χ1n) is 5.34. The second-order valence-electron chi connectivity index (χ2n) is 3.74. The van der Waals surface area contributed by atoms with E-state index in [2.05, 4.69) is 0 Å². The van der Waals surface area contributed by atoms with Crippen LogP contribution < -0.4 is 15.2 Å². The fraction of sp³-hybridized carbons (Fsp3) is 0.417. The van der Waals surface area contributed by atoms with E-state index >= 15 is 0 Å². The minimum Gasteiger partial charge on any atom is -0.493 e. The van der Waals surface area contributed by atoms with Crippen LogP contribution in [0.25, 0.3) is 0 Å². The average molecular weight is 259 g/mol. The standard InChI is InChI=1S/C12H15F2NO3/c1-7(16)18-10-4-3-8(5-11(10)17-2)9(15)6-12(13)14/h3-5,9,12H,6,15H2,1-2H3/t9-/m0/s1. The maximum absolute atomic E-state index is 12.2. The van der Waals surface area contributed by atoms with Gasteiger partial charge in [0.05, 0.1) is 7.11 Å². The largest absolute Gasteiger partial charge is 0.493 e. The van der Waals surface area contributed by atoms with Crippen molar-refractivity contribution < 1.29 is 23.0 Å². The van der Waals surface area contributed by atoms with E-state index in [1.165, 1.54) is 32.2 Å². The van der Waals surface area contributed by atoms with Gasteiger partial charge in [0, 0.05) is 19.4 Å². The number of rotatable bonds is 5. The fourth-order valence-electron chi connectivity index (χ4n) is 1.48. The first-order valence-corrected chi connectivity index (χ1v) is 5.34. The summed E-state index contributed by atoms with van der Waals surface area (Å²) in [5.74, 6) is 0.0309. The zero-order valence-electron chi connectivity index (χ0n) is 10.2. The number of hydrogen-bond acceptors (Lipinski definition) is 4. The summed E-state index contributed by atoms with van der Waals surface area (Å²) in [4.78, 5) is 10.8. The van der Waals surface area contributed by atoms with Crippen LogP contribution in [0, 0.1) is 0 Å². The lowest BCUT2D eigenvalue weighted by Crippen LogP contribution is -2.14. The van der Waals surface area contributed by atoms with Crippen molar-refractivity contribution in [3.05, 3.63) is 23.8 Å². The number of methoxy groups -OCH3 is 1. The number of carbonyl (C=O) groups is 1. The fourth-order valence-corrected chi connectivity index (χ4v) is 1.48. The van der Waals surface area contributed by atoms with Crippen molar-refractivity contribution >= 4 is 5.97 Å². The lowest BCUT2D eigenvalue weighted by molar-refractivity contribution is -0.132. The highest BCUT2D eigenvalue weighted by atomic mass is 19.3. The molecule has 0 saturated carbocycles. The van der Waals surface area contributed by atoms with Crippen molar-refractivity contribution in [2.24, 2.45) is 5.73 Å². The van der Waals surface area contributed by atoms with Crippen LogP contribution in [-0.2, 0) is 4.79 Å². The van der Waals surface area contributed by atoms with Gasteiger partial charge in [0.25, 0.3) is 0 Å². The minimum atomic E-state index is -2.47. The SMILES string of the molecule is COc1cc([C@@H](N)CC(F)F)ccc1OC(C)=O. The summed E-state index contributed by atoms with van der Waals surface area (Å²) in [7, 11) is 1.39. The maximum Gasteiger partial charge on any atom is 0.308 e. The Balaban J connectivity index is 2.94. The number of halogens is 2. The van der Waals surface area contributed by atoms with Crippen LogP contribution in [0.1, 0.15) is 24.9 Å². The number of ether oxygens (including phenoxy) is 2. The molecule has 0 unspecified atom stereocenters. The van der Waals surface area contributed by atoms with E-state index in [1.807, 2.05) is 0 Å². The van der Waals surface area contributed by atoms with E-state index < -0.39 is 24.9 Å². The van der Waals surface area contributed by atoms with Gasteiger partial charge in [-0.25, -0.2) is 8.78 Å². The van der Waals surface area contributed by atoms with Crippen molar-refractivity contribution in [3.63, 3.8) is 0 Å². The summed E-state index contributed by atoms with van der Waals surface area (Å²) >= 11 is 0. The number of hydrogen-bond donors (Lipinski definition) is 1. The molecule has 0 saturated heterocycles. The average Bonchev–Trinajstić information content (AvgIpc) is 2.27. The lowest BCUT2D eigenvalue weighted by Gasteiger charge is -2.14. The van der Waals surface area contributed by atoms with E-state index in [0.717, 1.165) is 0 Å². The monoisotopic (exact) mass is 259 g/mol. The molecule has 2 N–H and O–H groups in total. The third-order valence-electron chi connectivity index (χ3n) is 2.30. The predicted octanol–water partition coefficient (Wildman–Crippen LogP) is 2.28. The topological polar surface area (TPSA) is 61.6 Å². The smallest absolute Gasteiger partial charge is 0.308 e. The summed E-state index contributed by atoms with van der Waals surface area (Å²) in [5.41, 5.74) is 6.13. The van der Waals surface area contributed by atoms with E-state index in [-0.39, 0.29) is 11.5 Å². The second-order valence-corrected chi connectivity index (χ2v) is 3.74. The van der Waals surface area contributed by atoms with Crippen LogP contribution in [0.15, 0.2) is 18.2 Å². The van der Waals surface area contributed by atoms with Crippen molar-refractivity contribution in [2.45, 2.75) is 25.8 Å². The number of esters is 1. The molecule has 1 rings (SSSR count). The Hall–Kier alpha value is -1.69. The van der Waals surface area contributed by atoms with Crippen molar-refractivity contribution in [1.29, 1.82) is 0 Å². The lowest BCUT2D eigenvalue weighted by atomic mass is 10.0. The van der Waals surface area contributed by atoms with Gasteiger partial charge in [-0.1, -0.05) is 6.07 Å².